The molecular weight excluding hydrogens is 228 g/mol. The van der Waals surface area contributed by atoms with E-state index in [0.717, 1.165) is 0 Å². The van der Waals surface area contributed by atoms with E-state index < -0.39 is 23.6 Å². The zero-order valence-electron chi connectivity index (χ0n) is 8.03. The van der Waals surface area contributed by atoms with E-state index in [0.29, 0.717) is 12.3 Å². The molecular formula is C8H6F4N4. The number of aromatic nitrogens is 1. The van der Waals surface area contributed by atoms with Crippen molar-refractivity contribution in [2.75, 3.05) is 0 Å². The fraction of sp³-hybridized carbons (Fsp3) is 0.375. The van der Waals surface area contributed by atoms with E-state index in [1.54, 1.807) is 0 Å². The summed E-state index contributed by atoms with van der Waals surface area (Å²) in [7, 11) is 0. The van der Waals surface area contributed by atoms with Gasteiger partial charge in [-0.25, -0.2) is 4.39 Å². The highest BCUT2D eigenvalue weighted by Gasteiger charge is 2.32. The molecule has 0 amide bonds. The van der Waals surface area contributed by atoms with Crippen LogP contribution >= 0.6 is 0 Å². The molecule has 1 heterocycles. The molecule has 0 radical (unpaired) electrons. The molecule has 0 bridgehead atoms. The van der Waals surface area contributed by atoms with Crippen molar-refractivity contribution in [2.24, 2.45) is 5.11 Å². The molecule has 8 heteroatoms. The minimum atomic E-state index is -4.64. The van der Waals surface area contributed by atoms with Gasteiger partial charge in [-0.05, 0) is 11.6 Å². The molecule has 86 valence electrons. The van der Waals surface area contributed by atoms with Crippen LogP contribution in [0.5, 0.6) is 0 Å². The molecule has 4 nitrogen and oxygen atoms in total. The van der Waals surface area contributed by atoms with Crippen LogP contribution in [0, 0.1) is 5.82 Å². The van der Waals surface area contributed by atoms with Crippen molar-refractivity contribution in [1.29, 1.82) is 0 Å². The first-order valence-electron chi connectivity index (χ1n) is 4.13. The molecule has 0 saturated carbocycles. The van der Waals surface area contributed by atoms with Crippen LogP contribution in [-0.2, 0) is 6.18 Å². The Morgan fingerprint density at radius 2 is 2.12 bits per heavy atom. The SMILES string of the molecule is CC(N=[N+]=[N-])c1ncc(C(F)(F)F)cc1F. The van der Waals surface area contributed by atoms with Gasteiger partial charge in [-0.3, -0.25) is 4.98 Å². The Morgan fingerprint density at radius 3 is 2.56 bits per heavy atom. The Kier molecular flexibility index (Phi) is 3.34. The number of azide groups is 1. The van der Waals surface area contributed by atoms with Gasteiger partial charge in [0.05, 0.1) is 17.3 Å². The van der Waals surface area contributed by atoms with E-state index in [-0.39, 0.29) is 5.69 Å². The van der Waals surface area contributed by atoms with Crippen molar-refractivity contribution in [3.8, 4) is 0 Å². The average Bonchev–Trinajstić information content (AvgIpc) is 2.16. The summed E-state index contributed by atoms with van der Waals surface area (Å²) >= 11 is 0. The second-order valence-corrected chi connectivity index (χ2v) is 2.97. The molecule has 0 saturated heterocycles. The van der Waals surface area contributed by atoms with E-state index in [2.05, 4.69) is 15.0 Å². The predicted molar refractivity (Wildman–Crippen MR) is 46.8 cm³/mol. The third-order valence-electron chi connectivity index (χ3n) is 1.82. The quantitative estimate of drug-likeness (QED) is 0.333. The van der Waals surface area contributed by atoms with Gasteiger partial charge in [-0.15, -0.1) is 0 Å². The summed E-state index contributed by atoms with van der Waals surface area (Å²) in [6.07, 6.45) is -4.14. The number of nitrogens with zero attached hydrogens (tertiary/aromatic N) is 4. The van der Waals surface area contributed by atoms with Crippen LogP contribution in [-0.4, -0.2) is 4.98 Å². The number of rotatable bonds is 2. The summed E-state index contributed by atoms with van der Waals surface area (Å²) in [6.45, 7) is 1.33. The van der Waals surface area contributed by atoms with Gasteiger partial charge in [0, 0.05) is 11.1 Å². The van der Waals surface area contributed by atoms with Crippen LogP contribution in [0.2, 0.25) is 0 Å². The van der Waals surface area contributed by atoms with Gasteiger partial charge in [0.15, 0.2) is 0 Å². The topological polar surface area (TPSA) is 61.7 Å². The summed E-state index contributed by atoms with van der Waals surface area (Å²) in [6, 6.07) is -0.626. The predicted octanol–water partition coefficient (Wildman–Crippen LogP) is 3.61. The van der Waals surface area contributed by atoms with Crippen molar-refractivity contribution in [2.45, 2.75) is 19.1 Å². The van der Waals surface area contributed by atoms with Gasteiger partial charge >= 0.3 is 6.18 Å². The third kappa shape index (κ3) is 2.60. The van der Waals surface area contributed by atoms with Gasteiger partial charge < -0.3 is 0 Å². The van der Waals surface area contributed by atoms with E-state index >= 15 is 0 Å². The first kappa shape index (κ1) is 12.3. The van der Waals surface area contributed by atoms with Crippen molar-refractivity contribution in [3.05, 3.63) is 39.8 Å². The average molecular weight is 234 g/mol. The highest BCUT2D eigenvalue weighted by Crippen LogP contribution is 2.30. The maximum atomic E-state index is 13.2. The molecule has 0 spiro atoms. The van der Waals surface area contributed by atoms with Gasteiger partial charge in [0.2, 0.25) is 0 Å². The molecule has 1 unspecified atom stereocenters. The zero-order chi connectivity index (χ0) is 12.3. The van der Waals surface area contributed by atoms with Crippen LogP contribution < -0.4 is 0 Å². The standard InChI is InChI=1S/C8H6F4N4/c1-4(15-16-13)7-6(9)2-5(3-14-7)8(10,11)12/h2-4H,1H3. The number of alkyl halides is 3. The third-order valence-corrected chi connectivity index (χ3v) is 1.82. The highest BCUT2D eigenvalue weighted by atomic mass is 19.4. The lowest BCUT2D eigenvalue weighted by Crippen LogP contribution is -2.08. The summed E-state index contributed by atoms with van der Waals surface area (Å²) in [5.74, 6) is -1.14. The van der Waals surface area contributed by atoms with E-state index in [1.807, 2.05) is 0 Å². The van der Waals surface area contributed by atoms with Gasteiger partial charge in [-0.1, -0.05) is 12.0 Å². The van der Waals surface area contributed by atoms with Crippen LogP contribution in [0.1, 0.15) is 24.2 Å². The maximum Gasteiger partial charge on any atom is 0.417 e. The molecule has 1 rings (SSSR count). The normalized spacial score (nSPS) is 13.1. The first-order valence-corrected chi connectivity index (χ1v) is 4.13. The van der Waals surface area contributed by atoms with Gasteiger partial charge in [0.1, 0.15) is 5.82 Å². The number of pyridine rings is 1. The van der Waals surface area contributed by atoms with E-state index in [4.69, 9.17) is 5.53 Å². The minimum absolute atomic E-state index is 0.314. The minimum Gasteiger partial charge on any atom is -0.257 e. The largest absolute Gasteiger partial charge is 0.417 e. The molecule has 1 aromatic rings. The Morgan fingerprint density at radius 1 is 1.50 bits per heavy atom. The Labute approximate surface area is 87.5 Å². The number of halogens is 4. The van der Waals surface area contributed by atoms with E-state index in [9.17, 15) is 17.6 Å². The fourth-order valence-electron chi connectivity index (χ4n) is 1.04. The molecule has 0 aliphatic heterocycles. The second-order valence-electron chi connectivity index (χ2n) is 2.97. The molecule has 0 aliphatic rings. The van der Waals surface area contributed by atoms with Crippen LogP contribution in [0.15, 0.2) is 17.4 Å². The van der Waals surface area contributed by atoms with Gasteiger partial charge in [-0.2, -0.15) is 13.2 Å². The lowest BCUT2D eigenvalue weighted by atomic mass is 10.2. The van der Waals surface area contributed by atoms with Crippen molar-refractivity contribution in [3.63, 3.8) is 0 Å². The first-order chi connectivity index (χ1) is 7.36. The smallest absolute Gasteiger partial charge is 0.257 e. The number of hydrogen-bond donors (Lipinski definition) is 0. The summed E-state index contributed by atoms with van der Waals surface area (Å²) < 4.78 is 49.7. The molecule has 0 aromatic carbocycles. The zero-order valence-corrected chi connectivity index (χ0v) is 8.03. The van der Waals surface area contributed by atoms with Gasteiger partial charge in [0.25, 0.3) is 0 Å². The summed E-state index contributed by atoms with van der Waals surface area (Å²) in [5.41, 5.74) is 6.61. The molecule has 0 aliphatic carbocycles. The molecule has 1 atom stereocenters. The Bertz CT molecular complexity index is 436. The van der Waals surface area contributed by atoms with Crippen molar-refractivity contribution in [1.82, 2.24) is 4.98 Å². The molecule has 1 aromatic heterocycles. The lowest BCUT2D eigenvalue weighted by molar-refractivity contribution is -0.138. The fourth-order valence-corrected chi connectivity index (χ4v) is 1.04. The number of hydrogen-bond acceptors (Lipinski definition) is 2. The van der Waals surface area contributed by atoms with Crippen LogP contribution in [0.25, 0.3) is 10.4 Å². The second kappa shape index (κ2) is 4.36. The van der Waals surface area contributed by atoms with Crippen molar-refractivity contribution >= 4 is 0 Å². The molecule has 0 N–H and O–H groups in total. The van der Waals surface area contributed by atoms with Crippen molar-refractivity contribution < 1.29 is 17.6 Å². The summed E-state index contributed by atoms with van der Waals surface area (Å²) in [5, 5.41) is 3.14. The molecule has 0 fully saturated rings. The Hall–Kier alpha value is -1.82. The maximum absolute atomic E-state index is 13.2. The summed E-state index contributed by atoms with van der Waals surface area (Å²) in [4.78, 5) is 5.72. The highest BCUT2D eigenvalue weighted by molar-refractivity contribution is 5.20. The van der Waals surface area contributed by atoms with Crippen LogP contribution in [0.3, 0.4) is 0 Å². The Balaban J connectivity index is 3.14. The monoisotopic (exact) mass is 234 g/mol. The van der Waals surface area contributed by atoms with Crippen LogP contribution in [0.4, 0.5) is 17.6 Å². The molecule has 16 heavy (non-hydrogen) atoms. The van der Waals surface area contributed by atoms with E-state index in [1.165, 1.54) is 6.92 Å². The lowest BCUT2D eigenvalue weighted by Gasteiger charge is -2.09.